The highest BCUT2D eigenvalue weighted by atomic mass is 16.5. The van der Waals surface area contributed by atoms with Gasteiger partial charge in [-0.2, -0.15) is 0 Å². The molecule has 0 spiro atoms. The van der Waals surface area contributed by atoms with Gasteiger partial charge in [0.1, 0.15) is 0 Å². The zero-order chi connectivity index (χ0) is 7.98. The number of aliphatic hydroxyl groups excluding tert-OH is 1. The summed E-state index contributed by atoms with van der Waals surface area (Å²) in [6, 6.07) is 0. The molecule has 0 fully saturated rings. The lowest BCUT2D eigenvalue weighted by Crippen LogP contribution is -2.22. The molecule has 0 saturated heterocycles. The Kier molecular flexibility index (Phi) is 5.26. The zero-order valence-corrected chi connectivity index (χ0v) is 6.87. The summed E-state index contributed by atoms with van der Waals surface area (Å²) in [5.41, 5.74) is 0. The number of rotatable bonds is 4. The summed E-state index contributed by atoms with van der Waals surface area (Å²) in [6.07, 6.45) is 4.06. The van der Waals surface area contributed by atoms with Gasteiger partial charge in [0.2, 0.25) is 0 Å². The SMILES string of the molecule is CC/C=C/C(O)C(C)OC. The number of aliphatic hydroxyl groups is 1. The van der Waals surface area contributed by atoms with Crippen molar-refractivity contribution in [1.29, 1.82) is 0 Å². The molecule has 0 aromatic heterocycles. The normalized spacial score (nSPS) is 17.6. The maximum Gasteiger partial charge on any atom is 0.0979 e. The van der Waals surface area contributed by atoms with Crippen LogP contribution in [0.1, 0.15) is 20.3 Å². The fourth-order valence-electron chi connectivity index (χ4n) is 0.571. The highest BCUT2D eigenvalue weighted by Gasteiger charge is 2.07. The van der Waals surface area contributed by atoms with E-state index >= 15 is 0 Å². The molecule has 2 nitrogen and oxygen atoms in total. The van der Waals surface area contributed by atoms with Crippen molar-refractivity contribution in [3.63, 3.8) is 0 Å². The highest BCUT2D eigenvalue weighted by Crippen LogP contribution is 1.98. The molecule has 60 valence electrons. The van der Waals surface area contributed by atoms with E-state index < -0.39 is 6.10 Å². The number of allylic oxidation sites excluding steroid dienone is 1. The molecule has 0 saturated carbocycles. The van der Waals surface area contributed by atoms with Crippen LogP contribution in [0.2, 0.25) is 0 Å². The maximum atomic E-state index is 9.24. The van der Waals surface area contributed by atoms with Crippen LogP contribution in [-0.4, -0.2) is 24.4 Å². The van der Waals surface area contributed by atoms with Gasteiger partial charge in [0.15, 0.2) is 0 Å². The third kappa shape index (κ3) is 3.64. The van der Waals surface area contributed by atoms with Crippen molar-refractivity contribution >= 4 is 0 Å². The predicted molar refractivity (Wildman–Crippen MR) is 41.9 cm³/mol. The Balaban J connectivity index is 3.60. The third-order valence-electron chi connectivity index (χ3n) is 1.42. The molecule has 0 aliphatic carbocycles. The Morgan fingerprint density at radius 2 is 2.20 bits per heavy atom. The van der Waals surface area contributed by atoms with Gasteiger partial charge in [-0.25, -0.2) is 0 Å². The first-order valence-electron chi connectivity index (χ1n) is 3.59. The highest BCUT2D eigenvalue weighted by molar-refractivity contribution is 4.90. The van der Waals surface area contributed by atoms with E-state index in [4.69, 9.17) is 4.74 Å². The Morgan fingerprint density at radius 3 is 2.60 bits per heavy atom. The predicted octanol–water partition coefficient (Wildman–Crippen LogP) is 1.35. The van der Waals surface area contributed by atoms with E-state index in [0.29, 0.717) is 0 Å². The van der Waals surface area contributed by atoms with E-state index in [2.05, 4.69) is 0 Å². The van der Waals surface area contributed by atoms with Gasteiger partial charge in [0.05, 0.1) is 12.2 Å². The Labute approximate surface area is 62.5 Å². The lowest BCUT2D eigenvalue weighted by molar-refractivity contribution is 0.0244. The minimum atomic E-state index is -0.468. The summed E-state index contributed by atoms with van der Waals surface area (Å²) in [5.74, 6) is 0. The van der Waals surface area contributed by atoms with Crippen LogP contribution in [0.5, 0.6) is 0 Å². The smallest absolute Gasteiger partial charge is 0.0979 e. The maximum absolute atomic E-state index is 9.24. The molecule has 10 heavy (non-hydrogen) atoms. The standard InChI is InChI=1S/C8H16O2/c1-4-5-6-8(9)7(2)10-3/h5-9H,4H2,1-3H3/b6-5+. The molecule has 0 aromatic rings. The number of ether oxygens (including phenoxy) is 1. The van der Waals surface area contributed by atoms with Crippen molar-refractivity contribution in [1.82, 2.24) is 0 Å². The summed E-state index contributed by atoms with van der Waals surface area (Å²) in [5, 5.41) is 9.24. The molecule has 0 rings (SSSR count). The van der Waals surface area contributed by atoms with Crippen LogP contribution in [0.15, 0.2) is 12.2 Å². The minimum absolute atomic E-state index is 0.109. The Hall–Kier alpha value is -0.340. The van der Waals surface area contributed by atoms with E-state index in [1.165, 1.54) is 0 Å². The van der Waals surface area contributed by atoms with Crippen molar-refractivity contribution in [2.24, 2.45) is 0 Å². The van der Waals surface area contributed by atoms with Gasteiger partial charge in [-0.1, -0.05) is 19.1 Å². The van der Waals surface area contributed by atoms with Crippen LogP contribution in [0.4, 0.5) is 0 Å². The van der Waals surface area contributed by atoms with Crippen molar-refractivity contribution in [3.05, 3.63) is 12.2 Å². The van der Waals surface area contributed by atoms with Crippen molar-refractivity contribution < 1.29 is 9.84 Å². The first-order valence-corrected chi connectivity index (χ1v) is 3.59. The number of hydrogen-bond donors (Lipinski definition) is 1. The third-order valence-corrected chi connectivity index (χ3v) is 1.42. The molecule has 1 N–H and O–H groups in total. The molecule has 0 aliphatic rings. The van der Waals surface area contributed by atoms with E-state index in [-0.39, 0.29) is 6.10 Å². The second kappa shape index (κ2) is 5.45. The van der Waals surface area contributed by atoms with Gasteiger partial charge in [-0.3, -0.25) is 0 Å². The summed E-state index contributed by atoms with van der Waals surface area (Å²) < 4.78 is 4.91. The Morgan fingerprint density at radius 1 is 1.60 bits per heavy atom. The second-order valence-corrected chi connectivity index (χ2v) is 2.27. The summed E-state index contributed by atoms with van der Waals surface area (Å²) in [7, 11) is 1.59. The lowest BCUT2D eigenvalue weighted by Gasteiger charge is -2.12. The fraction of sp³-hybridized carbons (Fsp3) is 0.750. The van der Waals surface area contributed by atoms with Crippen LogP contribution in [-0.2, 0) is 4.74 Å². The summed E-state index contributed by atoms with van der Waals surface area (Å²) >= 11 is 0. The number of methoxy groups -OCH3 is 1. The monoisotopic (exact) mass is 144 g/mol. The van der Waals surface area contributed by atoms with E-state index in [9.17, 15) is 5.11 Å². The topological polar surface area (TPSA) is 29.5 Å². The van der Waals surface area contributed by atoms with E-state index in [1.807, 2.05) is 19.9 Å². The lowest BCUT2D eigenvalue weighted by atomic mass is 10.2. The second-order valence-electron chi connectivity index (χ2n) is 2.27. The van der Waals surface area contributed by atoms with Crippen molar-refractivity contribution in [2.45, 2.75) is 32.5 Å². The molecule has 2 heteroatoms. The average Bonchev–Trinajstić information content (AvgIpc) is 1.98. The quantitative estimate of drug-likeness (QED) is 0.603. The van der Waals surface area contributed by atoms with Crippen LogP contribution >= 0.6 is 0 Å². The van der Waals surface area contributed by atoms with Crippen LogP contribution < -0.4 is 0 Å². The molecule has 2 atom stereocenters. The average molecular weight is 144 g/mol. The van der Waals surface area contributed by atoms with Gasteiger partial charge in [-0.05, 0) is 13.3 Å². The molecule has 0 amide bonds. The van der Waals surface area contributed by atoms with Crippen LogP contribution in [0, 0.1) is 0 Å². The van der Waals surface area contributed by atoms with Crippen LogP contribution in [0.3, 0.4) is 0 Å². The fourth-order valence-corrected chi connectivity index (χ4v) is 0.571. The van der Waals surface area contributed by atoms with Crippen LogP contribution in [0.25, 0.3) is 0 Å². The van der Waals surface area contributed by atoms with Gasteiger partial charge < -0.3 is 9.84 Å². The molecule has 0 aromatic carbocycles. The summed E-state index contributed by atoms with van der Waals surface area (Å²) in [4.78, 5) is 0. The number of hydrogen-bond acceptors (Lipinski definition) is 2. The van der Waals surface area contributed by atoms with Gasteiger partial charge >= 0.3 is 0 Å². The molecular formula is C8H16O2. The largest absolute Gasteiger partial charge is 0.386 e. The molecular weight excluding hydrogens is 128 g/mol. The molecule has 0 radical (unpaired) electrons. The molecule has 2 unspecified atom stereocenters. The van der Waals surface area contributed by atoms with Crippen molar-refractivity contribution in [3.8, 4) is 0 Å². The molecule has 0 heterocycles. The zero-order valence-electron chi connectivity index (χ0n) is 6.87. The first-order chi connectivity index (χ1) is 4.72. The minimum Gasteiger partial charge on any atom is -0.386 e. The van der Waals surface area contributed by atoms with Gasteiger partial charge in [0, 0.05) is 7.11 Å². The van der Waals surface area contributed by atoms with E-state index in [1.54, 1.807) is 13.2 Å². The molecule has 0 aliphatic heterocycles. The molecule has 0 bridgehead atoms. The Bertz CT molecular complexity index is 99.4. The van der Waals surface area contributed by atoms with Crippen molar-refractivity contribution in [2.75, 3.05) is 7.11 Å². The summed E-state index contributed by atoms with van der Waals surface area (Å²) in [6.45, 7) is 3.87. The van der Waals surface area contributed by atoms with Gasteiger partial charge in [-0.15, -0.1) is 0 Å². The van der Waals surface area contributed by atoms with Gasteiger partial charge in [0.25, 0.3) is 0 Å². The van der Waals surface area contributed by atoms with E-state index in [0.717, 1.165) is 6.42 Å². The first kappa shape index (κ1) is 9.66.